The summed E-state index contributed by atoms with van der Waals surface area (Å²) in [6.07, 6.45) is 4.02. The number of rotatable bonds is 6. The van der Waals surface area contributed by atoms with Crippen molar-refractivity contribution in [1.29, 1.82) is 0 Å². The van der Waals surface area contributed by atoms with Gasteiger partial charge in [0.1, 0.15) is 0 Å². The lowest BCUT2D eigenvalue weighted by molar-refractivity contribution is -0.141. The molecule has 1 heterocycles. The molecule has 1 saturated heterocycles. The van der Waals surface area contributed by atoms with E-state index >= 15 is 0 Å². The zero-order valence-corrected chi connectivity index (χ0v) is 10.7. The van der Waals surface area contributed by atoms with E-state index in [2.05, 4.69) is 10.1 Å². The van der Waals surface area contributed by atoms with E-state index in [9.17, 15) is 4.79 Å². The van der Waals surface area contributed by atoms with E-state index in [4.69, 9.17) is 4.74 Å². The summed E-state index contributed by atoms with van der Waals surface area (Å²) in [6.45, 7) is 3.50. The molecule has 96 valence electrons. The normalized spacial score (nSPS) is 19.9. The lowest BCUT2D eigenvalue weighted by atomic mass is 9.97. The summed E-state index contributed by atoms with van der Waals surface area (Å²) in [5.41, 5.74) is 0. The van der Waals surface area contributed by atoms with Gasteiger partial charge in [0.2, 0.25) is 0 Å². The molecule has 0 aromatic rings. The number of methoxy groups -OCH3 is 1. The lowest BCUT2D eigenvalue weighted by Gasteiger charge is -2.22. The third-order valence-electron chi connectivity index (χ3n) is 2.75. The molecule has 0 saturated carbocycles. The average Bonchev–Trinajstić information content (AvgIpc) is 2.29. The van der Waals surface area contributed by atoms with Gasteiger partial charge in [-0.2, -0.15) is 0 Å². The van der Waals surface area contributed by atoms with Crippen LogP contribution in [0.2, 0.25) is 0 Å². The molecule has 1 N–H and O–H groups in total. The van der Waals surface area contributed by atoms with E-state index in [1.54, 1.807) is 0 Å². The molecule has 4 nitrogen and oxygen atoms in total. The zero-order chi connectivity index (χ0) is 10.9. The molecule has 1 aliphatic heterocycles. The molecule has 0 amide bonds. The molecule has 0 spiro atoms. The molecule has 1 fully saturated rings. The van der Waals surface area contributed by atoms with Crippen molar-refractivity contribution in [2.24, 2.45) is 5.92 Å². The number of carbonyl (C=O) groups is 1. The van der Waals surface area contributed by atoms with Crippen LogP contribution in [0.25, 0.3) is 0 Å². The number of hydrogen-bond acceptors (Lipinski definition) is 4. The lowest BCUT2D eigenvalue weighted by Crippen LogP contribution is -2.30. The van der Waals surface area contributed by atoms with Crippen molar-refractivity contribution in [2.75, 3.05) is 33.4 Å². The van der Waals surface area contributed by atoms with Crippen LogP contribution in [0.1, 0.15) is 25.7 Å². The van der Waals surface area contributed by atoms with Crippen molar-refractivity contribution >= 4 is 18.4 Å². The van der Waals surface area contributed by atoms with Crippen molar-refractivity contribution in [3.8, 4) is 0 Å². The summed E-state index contributed by atoms with van der Waals surface area (Å²) < 4.78 is 9.90. The van der Waals surface area contributed by atoms with E-state index in [1.165, 1.54) is 20.0 Å². The smallest absolute Gasteiger partial charge is 0.307 e. The quantitative estimate of drug-likeness (QED) is 0.572. The largest absolute Gasteiger partial charge is 0.469 e. The molecule has 0 radical (unpaired) electrons. The van der Waals surface area contributed by atoms with E-state index < -0.39 is 0 Å². The van der Waals surface area contributed by atoms with Gasteiger partial charge in [-0.1, -0.05) is 0 Å². The Balaban J connectivity index is 0.00000225. The molecule has 1 aliphatic rings. The second kappa shape index (κ2) is 9.87. The number of halogens is 1. The molecular weight excluding hydrogens is 230 g/mol. The molecular formula is C11H22ClNO3. The summed E-state index contributed by atoms with van der Waals surface area (Å²) in [5.74, 6) is 0.547. The molecule has 0 bridgehead atoms. The third-order valence-corrected chi connectivity index (χ3v) is 2.75. The Morgan fingerprint density at radius 2 is 2.25 bits per heavy atom. The standard InChI is InChI=1S/C11H21NO3.ClH/c1-14-11(13)5-8-15-7-4-10-3-2-6-12-9-10;/h10,12H,2-9H2,1H3;1H. The minimum Gasteiger partial charge on any atom is -0.469 e. The fraction of sp³-hybridized carbons (Fsp3) is 0.909. The number of ether oxygens (including phenoxy) is 2. The van der Waals surface area contributed by atoms with Crippen molar-refractivity contribution in [3.05, 3.63) is 0 Å². The number of esters is 1. The molecule has 1 atom stereocenters. The van der Waals surface area contributed by atoms with Crippen molar-refractivity contribution < 1.29 is 14.3 Å². The first-order valence-electron chi connectivity index (χ1n) is 5.68. The first-order chi connectivity index (χ1) is 7.33. The molecule has 0 aromatic carbocycles. The van der Waals surface area contributed by atoms with Crippen LogP contribution < -0.4 is 5.32 Å². The van der Waals surface area contributed by atoms with Crippen molar-refractivity contribution in [1.82, 2.24) is 5.32 Å². The van der Waals surface area contributed by atoms with Crippen LogP contribution in [0.3, 0.4) is 0 Å². The average molecular weight is 252 g/mol. The maximum absolute atomic E-state index is 10.8. The highest BCUT2D eigenvalue weighted by Crippen LogP contribution is 2.13. The van der Waals surface area contributed by atoms with Crippen LogP contribution in [0.5, 0.6) is 0 Å². The summed E-state index contributed by atoms with van der Waals surface area (Å²) in [4.78, 5) is 10.8. The molecule has 0 aromatic heterocycles. The Kier molecular flexibility index (Phi) is 9.68. The van der Waals surface area contributed by atoms with Crippen LogP contribution in [-0.2, 0) is 14.3 Å². The van der Waals surface area contributed by atoms with Gasteiger partial charge in [-0.25, -0.2) is 0 Å². The second-order valence-corrected chi connectivity index (χ2v) is 3.94. The predicted molar refractivity (Wildman–Crippen MR) is 64.9 cm³/mol. The fourth-order valence-electron chi connectivity index (χ4n) is 1.78. The van der Waals surface area contributed by atoms with Gasteiger partial charge in [-0.15, -0.1) is 12.4 Å². The van der Waals surface area contributed by atoms with Crippen LogP contribution in [0, 0.1) is 5.92 Å². The van der Waals surface area contributed by atoms with Gasteiger partial charge in [0.25, 0.3) is 0 Å². The minimum atomic E-state index is -0.200. The van der Waals surface area contributed by atoms with E-state index in [0.29, 0.717) is 13.0 Å². The van der Waals surface area contributed by atoms with Crippen LogP contribution in [-0.4, -0.2) is 39.4 Å². The van der Waals surface area contributed by atoms with Gasteiger partial charge in [-0.3, -0.25) is 4.79 Å². The summed E-state index contributed by atoms with van der Waals surface area (Å²) >= 11 is 0. The van der Waals surface area contributed by atoms with Crippen LogP contribution in [0.15, 0.2) is 0 Å². The first kappa shape index (κ1) is 15.7. The summed E-state index contributed by atoms with van der Waals surface area (Å²) in [5, 5.41) is 3.37. The van der Waals surface area contributed by atoms with Gasteiger partial charge in [0, 0.05) is 6.61 Å². The molecule has 0 aliphatic carbocycles. The molecule has 1 rings (SSSR count). The number of nitrogens with one attached hydrogen (secondary N) is 1. The maximum atomic E-state index is 10.8. The third kappa shape index (κ3) is 7.04. The molecule has 5 heteroatoms. The maximum Gasteiger partial charge on any atom is 0.307 e. The predicted octanol–water partition coefficient (Wildman–Crippen LogP) is 1.38. The van der Waals surface area contributed by atoms with Gasteiger partial charge in [0.15, 0.2) is 0 Å². The Hall–Kier alpha value is -0.320. The second-order valence-electron chi connectivity index (χ2n) is 3.94. The van der Waals surface area contributed by atoms with E-state index in [0.717, 1.165) is 32.0 Å². The van der Waals surface area contributed by atoms with E-state index in [-0.39, 0.29) is 18.4 Å². The van der Waals surface area contributed by atoms with Gasteiger partial charge < -0.3 is 14.8 Å². The number of carbonyl (C=O) groups excluding carboxylic acids is 1. The van der Waals surface area contributed by atoms with Crippen molar-refractivity contribution in [2.45, 2.75) is 25.7 Å². The van der Waals surface area contributed by atoms with Gasteiger partial charge in [-0.05, 0) is 38.3 Å². The molecule has 1 unspecified atom stereocenters. The SMILES string of the molecule is COC(=O)CCOCCC1CCCNC1.Cl. The highest BCUT2D eigenvalue weighted by atomic mass is 35.5. The number of hydrogen-bond donors (Lipinski definition) is 1. The topological polar surface area (TPSA) is 47.6 Å². The highest BCUT2D eigenvalue weighted by molar-refractivity contribution is 5.85. The van der Waals surface area contributed by atoms with Crippen molar-refractivity contribution in [3.63, 3.8) is 0 Å². The van der Waals surface area contributed by atoms with E-state index in [1.807, 2.05) is 0 Å². The monoisotopic (exact) mass is 251 g/mol. The van der Waals surface area contributed by atoms with Crippen LogP contribution in [0.4, 0.5) is 0 Å². The Morgan fingerprint density at radius 1 is 1.44 bits per heavy atom. The highest BCUT2D eigenvalue weighted by Gasteiger charge is 2.12. The Bertz CT molecular complexity index is 184. The fourth-order valence-corrected chi connectivity index (χ4v) is 1.78. The van der Waals surface area contributed by atoms with Gasteiger partial charge in [0.05, 0.1) is 20.1 Å². The minimum absolute atomic E-state index is 0. The summed E-state index contributed by atoms with van der Waals surface area (Å²) in [6, 6.07) is 0. The zero-order valence-electron chi connectivity index (χ0n) is 9.87. The molecule has 16 heavy (non-hydrogen) atoms. The van der Waals surface area contributed by atoms with Gasteiger partial charge >= 0.3 is 5.97 Å². The Labute approximate surface area is 103 Å². The first-order valence-corrected chi connectivity index (χ1v) is 5.68. The van der Waals surface area contributed by atoms with Crippen LogP contribution >= 0.6 is 12.4 Å². The number of piperidine rings is 1. The Morgan fingerprint density at radius 3 is 2.88 bits per heavy atom. The summed E-state index contributed by atoms with van der Waals surface area (Å²) in [7, 11) is 1.40.